The molecule has 0 aliphatic heterocycles. The highest BCUT2D eigenvalue weighted by Crippen LogP contribution is 2.21. The third kappa shape index (κ3) is 5.64. The average molecular weight is 340 g/mol. The fourth-order valence-corrected chi connectivity index (χ4v) is 2.29. The van der Waals surface area contributed by atoms with Gasteiger partial charge in [-0.25, -0.2) is 0 Å². The molecule has 5 nitrogen and oxygen atoms in total. The molecule has 2 rings (SSSR count). The lowest BCUT2D eigenvalue weighted by Gasteiger charge is -2.17. The highest BCUT2D eigenvalue weighted by atomic mass is 16.5. The van der Waals surface area contributed by atoms with E-state index in [9.17, 15) is 9.59 Å². The number of hydrogen-bond donors (Lipinski definition) is 2. The summed E-state index contributed by atoms with van der Waals surface area (Å²) >= 11 is 0. The second-order valence-corrected chi connectivity index (χ2v) is 5.98. The van der Waals surface area contributed by atoms with Crippen LogP contribution in [0.3, 0.4) is 0 Å². The van der Waals surface area contributed by atoms with Crippen molar-refractivity contribution in [1.82, 2.24) is 10.9 Å². The second kappa shape index (κ2) is 8.87. The SMILES string of the molecule is Cc1cccc(O[C@@H](C)C(=O)NNC(=O)CCc2ccccc2)c1C. The first-order valence-electron chi connectivity index (χ1n) is 8.33. The molecule has 0 saturated heterocycles. The van der Waals surface area contributed by atoms with Crippen LogP contribution in [0.1, 0.15) is 30.0 Å². The Morgan fingerprint density at radius 3 is 2.44 bits per heavy atom. The van der Waals surface area contributed by atoms with Gasteiger partial charge in [-0.05, 0) is 49.9 Å². The van der Waals surface area contributed by atoms with E-state index >= 15 is 0 Å². The third-order valence-electron chi connectivity index (χ3n) is 4.04. The van der Waals surface area contributed by atoms with E-state index < -0.39 is 12.0 Å². The van der Waals surface area contributed by atoms with Crippen molar-refractivity contribution in [2.75, 3.05) is 0 Å². The predicted molar refractivity (Wildman–Crippen MR) is 97.1 cm³/mol. The first-order valence-corrected chi connectivity index (χ1v) is 8.33. The van der Waals surface area contributed by atoms with E-state index in [1.54, 1.807) is 6.92 Å². The number of aryl methyl sites for hydroxylation is 2. The molecule has 0 aliphatic carbocycles. The van der Waals surface area contributed by atoms with Gasteiger partial charge in [0.15, 0.2) is 6.10 Å². The van der Waals surface area contributed by atoms with Gasteiger partial charge in [0.2, 0.25) is 5.91 Å². The first kappa shape index (κ1) is 18.5. The largest absolute Gasteiger partial charge is 0.481 e. The van der Waals surface area contributed by atoms with E-state index in [1.165, 1.54) is 0 Å². The fourth-order valence-electron chi connectivity index (χ4n) is 2.29. The molecule has 2 amide bonds. The summed E-state index contributed by atoms with van der Waals surface area (Å²) < 4.78 is 5.69. The lowest BCUT2D eigenvalue weighted by atomic mass is 10.1. The monoisotopic (exact) mass is 340 g/mol. The number of amides is 2. The van der Waals surface area contributed by atoms with Crippen molar-refractivity contribution < 1.29 is 14.3 Å². The number of rotatable bonds is 6. The minimum absolute atomic E-state index is 0.240. The summed E-state index contributed by atoms with van der Waals surface area (Å²) in [5.41, 5.74) is 8.01. The third-order valence-corrected chi connectivity index (χ3v) is 4.04. The molecule has 0 aliphatic rings. The molecule has 0 spiro atoms. The Bertz CT molecular complexity index is 729. The van der Waals surface area contributed by atoms with Crippen LogP contribution in [-0.2, 0) is 16.0 Å². The van der Waals surface area contributed by atoms with Crippen molar-refractivity contribution in [3.05, 3.63) is 65.2 Å². The molecule has 2 aromatic carbocycles. The van der Waals surface area contributed by atoms with E-state index in [0.29, 0.717) is 18.6 Å². The second-order valence-electron chi connectivity index (χ2n) is 5.98. The number of hydrazine groups is 1. The molecular formula is C20H24N2O3. The summed E-state index contributed by atoms with van der Waals surface area (Å²) in [7, 11) is 0. The Balaban J connectivity index is 1.77. The summed E-state index contributed by atoms with van der Waals surface area (Å²) in [5, 5.41) is 0. The predicted octanol–water partition coefficient (Wildman–Crippen LogP) is 2.85. The van der Waals surface area contributed by atoms with Crippen LogP contribution in [0.4, 0.5) is 0 Å². The van der Waals surface area contributed by atoms with Gasteiger partial charge in [0.05, 0.1) is 0 Å². The molecule has 25 heavy (non-hydrogen) atoms. The van der Waals surface area contributed by atoms with Gasteiger partial charge in [-0.15, -0.1) is 0 Å². The van der Waals surface area contributed by atoms with Gasteiger partial charge in [0, 0.05) is 6.42 Å². The topological polar surface area (TPSA) is 67.4 Å². The Labute approximate surface area is 148 Å². The van der Waals surface area contributed by atoms with E-state index in [4.69, 9.17) is 4.74 Å². The Morgan fingerprint density at radius 1 is 1.00 bits per heavy atom. The van der Waals surface area contributed by atoms with Crippen molar-refractivity contribution in [3.8, 4) is 5.75 Å². The highest BCUT2D eigenvalue weighted by Gasteiger charge is 2.16. The number of nitrogens with one attached hydrogen (secondary N) is 2. The zero-order valence-corrected chi connectivity index (χ0v) is 14.8. The summed E-state index contributed by atoms with van der Waals surface area (Å²) in [6, 6.07) is 15.4. The Hall–Kier alpha value is -2.82. The van der Waals surface area contributed by atoms with Gasteiger partial charge in [0.25, 0.3) is 5.91 Å². The van der Waals surface area contributed by atoms with E-state index in [2.05, 4.69) is 10.9 Å². The maximum absolute atomic E-state index is 12.1. The normalized spacial score (nSPS) is 11.5. The molecule has 5 heteroatoms. The van der Waals surface area contributed by atoms with Gasteiger partial charge < -0.3 is 4.74 Å². The quantitative estimate of drug-likeness (QED) is 0.795. The van der Waals surface area contributed by atoms with Crippen LogP contribution >= 0.6 is 0 Å². The number of ether oxygens (including phenoxy) is 1. The minimum atomic E-state index is -0.713. The Kier molecular flexibility index (Phi) is 6.57. The molecule has 0 bridgehead atoms. The minimum Gasteiger partial charge on any atom is -0.481 e. The van der Waals surface area contributed by atoms with Crippen molar-refractivity contribution >= 4 is 11.8 Å². The van der Waals surface area contributed by atoms with Crippen molar-refractivity contribution in [2.24, 2.45) is 0 Å². The maximum Gasteiger partial charge on any atom is 0.279 e. The van der Waals surface area contributed by atoms with Crippen LogP contribution < -0.4 is 15.6 Å². The van der Waals surface area contributed by atoms with Crippen LogP contribution in [0.15, 0.2) is 48.5 Å². The van der Waals surface area contributed by atoms with Gasteiger partial charge in [-0.1, -0.05) is 42.5 Å². The summed E-state index contributed by atoms with van der Waals surface area (Å²) in [6.07, 6.45) is 0.211. The number of carbonyl (C=O) groups excluding carboxylic acids is 2. The molecule has 2 N–H and O–H groups in total. The summed E-state index contributed by atoms with van der Waals surface area (Å²) in [4.78, 5) is 23.9. The smallest absolute Gasteiger partial charge is 0.279 e. The van der Waals surface area contributed by atoms with Gasteiger partial charge in [-0.3, -0.25) is 20.4 Å². The van der Waals surface area contributed by atoms with Gasteiger partial charge >= 0.3 is 0 Å². The molecular weight excluding hydrogens is 316 g/mol. The molecule has 1 atom stereocenters. The zero-order valence-electron chi connectivity index (χ0n) is 14.8. The molecule has 0 fully saturated rings. The van der Waals surface area contributed by atoms with Crippen LogP contribution in [-0.4, -0.2) is 17.9 Å². The summed E-state index contributed by atoms with van der Waals surface area (Å²) in [5.74, 6) is 0.0307. The van der Waals surface area contributed by atoms with Crippen LogP contribution in [0.5, 0.6) is 5.75 Å². The molecule has 0 saturated carbocycles. The van der Waals surface area contributed by atoms with Crippen molar-refractivity contribution in [2.45, 2.75) is 39.7 Å². The number of benzene rings is 2. The fraction of sp³-hybridized carbons (Fsp3) is 0.300. The van der Waals surface area contributed by atoms with E-state index in [1.807, 2.05) is 62.4 Å². The lowest BCUT2D eigenvalue weighted by Crippen LogP contribution is -2.47. The molecule has 0 unspecified atom stereocenters. The Morgan fingerprint density at radius 2 is 1.72 bits per heavy atom. The molecule has 2 aromatic rings. The standard InChI is InChI=1S/C20H24N2O3/c1-14-8-7-11-18(15(14)2)25-16(3)20(24)22-21-19(23)13-12-17-9-5-4-6-10-17/h4-11,16H,12-13H2,1-3H3,(H,21,23)(H,22,24)/t16-/m0/s1. The van der Waals surface area contributed by atoms with Crippen LogP contribution in [0.25, 0.3) is 0 Å². The molecule has 0 heterocycles. The van der Waals surface area contributed by atoms with Crippen LogP contribution in [0, 0.1) is 13.8 Å². The van der Waals surface area contributed by atoms with Gasteiger partial charge in [0.1, 0.15) is 5.75 Å². The maximum atomic E-state index is 12.1. The molecule has 132 valence electrons. The van der Waals surface area contributed by atoms with Gasteiger partial charge in [-0.2, -0.15) is 0 Å². The van der Waals surface area contributed by atoms with Crippen molar-refractivity contribution in [1.29, 1.82) is 0 Å². The highest BCUT2D eigenvalue weighted by molar-refractivity contribution is 5.84. The van der Waals surface area contributed by atoms with E-state index in [-0.39, 0.29) is 5.91 Å². The zero-order chi connectivity index (χ0) is 18.2. The molecule has 0 radical (unpaired) electrons. The lowest BCUT2D eigenvalue weighted by molar-refractivity contribution is -0.132. The first-order chi connectivity index (χ1) is 12.0. The summed E-state index contributed by atoms with van der Waals surface area (Å²) in [6.45, 7) is 5.58. The number of hydrogen-bond acceptors (Lipinski definition) is 3. The average Bonchev–Trinajstić information content (AvgIpc) is 2.62. The van der Waals surface area contributed by atoms with E-state index in [0.717, 1.165) is 16.7 Å². The number of carbonyl (C=O) groups is 2. The van der Waals surface area contributed by atoms with Crippen LogP contribution in [0.2, 0.25) is 0 Å². The molecule has 0 aromatic heterocycles. The van der Waals surface area contributed by atoms with Crippen molar-refractivity contribution in [3.63, 3.8) is 0 Å².